The van der Waals surface area contributed by atoms with Crippen LogP contribution in [0.3, 0.4) is 0 Å². The van der Waals surface area contributed by atoms with Crippen molar-refractivity contribution in [2.24, 2.45) is 0 Å². The van der Waals surface area contributed by atoms with Gasteiger partial charge < -0.3 is 11.5 Å². The topological polar surface area (TPSA) is 69.1 Å². The van der Waals surface area contributed by atoms with E-state index in [0.29, 0.717) is 15.6 Å². The highest BCUT2D eigenvalue weighted by Gasteiger charge is 2.17. The van der Waals surface area contributed by atoms with Crippen molar-refractivity contribution in [2.45, 2.75) is 0 Å². The number of benzene rings is 2. The molecule has 0 unspecified atom stereocenters. The number of anilines is 2. The van der Waals surface area contributed by atoms with E-state index in [2.05, 4.69) is 0 Å². The number of carbonyl (C=O) groups is 1. The molecular weight excluding hydrogens is 271 g/mol. The van der Waals surface area contributed by atoms with E-state index in [-0.39, 0.29) is 22.7 Å². The van der Waals surface area contributed by atoms with Gasteiger partial charge in [0.05, 0.1) is 16.4 Å². The van der Waals surface area contributed by atoms with E-state index < -0.39 is 0 Å². The molecule has 0 aromatic heterocycles. The van der Waals surface area contributed by atoms with Crippen LogP contribution in [0.15, 0.2) is 36.4 Å². The molecule has 0 heterocycles. The Kier molecular flexibility index (Phi) is 3.45. The fourth-order valence-corrected chi connectivity index (χ4v) is 2.07. The molecule has 5 heteroatoms. The largest absolute Gasteiger partial charge is 0.397 e. The smallest absolute Gasteiger partial charge is 0.196 e. The first-order valence-corrected chi connectivity index (χ1v) is 5.90. The van der Waals surface area contributed by atoms with Crippen LogP contribution in [0.1, 0.15) is 15.9 Å². The molecular formula is C13H10Cl2N2O. The van der Waals surface area contributed by atoms with Gasteiger partial charge in [-0.15, -0.1) is 0 Å². The molecule has 0 fully saturated rings. The van der Waals surface area contributed by atoms with Gasteiger partial charge >= 0.3 is 0 Å². The van der Waals surface area contributed by atoms with Gasteiger partial charge in [-0.1, -0.05) is 35.3 Å². The summed E-state index contributed by atoms with van der Waals surface area (Å²) >= 11 is 11.8. The van der Waals surface area contributed by atoms with Crippen LogP contribution in [-0.2, 0) is 0 Å². The molecule has 3 nitrogen and oxygen atoms in total. The van der Waals surface area contributed by atoms with Crippen molar-refractivity contribution in [3.63, 3.8) is 0 Å². The lowest BCUT2D eigenvalue weighted by Gasteiger charge is -2.09. The third-order valence-electron chi connectivity index (χ3n) is 2.54. The van der Waals surface area contributed by atoms with Crippen molar-refractivity contribution in [1.82, 2.24) is 0 Å². The van der Waals surface area contributed by atoms with Crippen LogP contribution in [0.5, 0.6) is 0 Å². The molecule has 2 aromatic carbocycles. The number of halogens is 2. The van der Waals surface area contributed by atoms with Gasteiger partial charge in [-0.05, 0) is 24.3 Å². The van der Waals surface area contributed by atoms with Crippen LogP contribution in [-0.4, -0.2) is 5.78 Å². The summed E-state index contributed by atoms with van der Waals surface area (Å²) in [7, 11) is 0. The van der Waals surface area contributed by atoms with Crippen LogP contribution in [0.2, 0.25) is 10.0 Å². The number of ketones is 1. The maximum atomic E-state index is 12.3. The minimum atomic E-state index is -0.299. The zero-order valence-electron chi connectivity index (χ0n) is 9.28. The molecule has 4 N–H and O–H groups in total. The molecule has 0 aliphatic rings. The maximum absolute atomic E-state index is 12.3. The first-order valence-electron chi connectivity index (χ1n) is 5.14. The molecule has 0 saturated carbocycles. The van der Waals surface area contributed by atoms with E-state index in [9.17, 15) is 4.79 Å². The molecule has 0 atom stereocenters. The molecule has 0 bridgehead atoms. The van der Waals surface area contributed by atoms with E-state index >= 15 is 0 Å². The van der Waals surface area contributed by atoms with Crippen LogP contribution >= 0.6 is 23.2 Å². The van der Waals surface area contributed by atoms with E-state index in [1.807, 2.05) is 0 Å². The highest BCUT2D eigenvalue weighted by Crippen LogP contribution is 2.29. The Balaban J connectivity index is 2.57. The quantitative estimate of drug-likeness (QED) is 0.654. The minimum Gasteiger partial charge on any atom is -0.397 e. The molecule has 0 spiro atoms. The number of rotatable bonds is 2. The molecule has 2 aromatic rings. The Morgan fingerprint density at radius 1 is 1.00 bits per heavy atom. The first-order chi connectivity index (χ1) is 8.50. The highest BCUT2D eigenvalue weighted by atomic mass is 35.5. The third-order valence-corrected chi connectivity index (χ3v) is 3.09. The van der Waals surface area contributed by atoms with E-state index in [1.165, 1.54) is 12.1 Å². The van der Waals surface area contributed by atoms with Gasteiger partial charge in [-0.2, -0.15) is 0 Å². The van der Waals surface area contributed by atoms with E-state index in [1.54, 1.807) is 24.3 Å². The predicted molar refractivity (Wildman–Crippen MR) is 75.2 cm³/mol. The molecule has 92 valence electrons. The van der Waals surface area contributed by atoms with Crippen molar-refractivity contribution in [1.29, 1.82) is 0 Å². The summed E-state index contributed by atoms with van der Waals surface area (Å²) in [6.07, 6.45) is 0. The number of hydrogen-bond acceptors (Lipinski definition) is 3. The minimum absolute atomic E-state index is 0.212. The molecule has 2 rings (SSSR count). The fourth-order valence-electron chi connectivity index (χ4n) is 1.62. The number of carbonyl (C=O) groups excluding carboxylic acids is 1. The average Bonchev–Trinajstić information content (AvgIpc) is 2.33. The maximum Gasteiger partial charge on any atom is 0.196 e. The standard InChI is InChI=1S/C13H10Cl2N2O/c14-7-5-9(12(17)11(16)6-7)13(18)8-3-1-2-4-10(8)15/h1-6H,16-17H2. The molecule has 0 radical (unpaired) electrons. The van der Waals surface area contributed by atoms with Crippen molar-refractivity contribution in [3.05, 3.63) is 57.6 Å². The zero-order valence-corrected chi connectivity index (χ0v) is 10.8. The highest BCUT2D eigenvalue weighted by molar-refractivity contribution is 6.36. The number of nitrogen functional groups attached to an aromatic ring is 2. The lowest BCUT2D eigenvalue weighted by atomic mass is 10.0. The first kappa shape index (κ1) is 12.7. The van der Waals surface area contributed by atoms with Gasteiger partial charge in [-0.3, -0.25) is 4.79 Å². The zero-order chi connectivity index (χ0) is 13.3. The summed E-state index contributed by atoms with van der Waals surface area (Å²) in [5.74, 6) is -0.299. The van der Waals surface area contributed by atoms with E-state index in [4.69, 9.17) is 34.7 Å². The summed E-state index contributed by atoms with van der Waals surface area (Å²) in [6.45, 7) is 0. The second-order valence-electron chi connectivity index (χ2n) is 3.77. The molecule has 18 heavy (non-hydrogen) atoms. The van der Waals surface area contributed by atoms with Crippen molar-refractivity contribution in [3.8, 4) is 0 Å². The Hall–Kier alpha value is -1.71. The Bertz CT molecular complexity index is 626. The number of hydrogen-bond donors (Lipinski definition) is 2. The van der Waals surface area contributed by atoms with Gasteiger partial charge in [-0.25, -0.2) is 0 Å². The average molecular weight is 281 g/mol. The summed E-state index contributed by atoms with van der Waals surface area (Å²) < 4.78 is 0. The fraction of sp³-hybridized carbons (Fsp3) is 0. The SMILES string of the molecule is Nc1cc(Cl)cc(C(=O)c2ccccc2Cl)c1N. The summed E-state index contributed by atoms with van der Waals surface area (Å²) in [5, 5.41) is 0.720. The molecule has 0 aliphatic heterocycles. The van der Waals surface area contributed by atoms with Crippen molar-refractivity contribution >= 4 is 40.4 Å². The summed E-state index contributed by atoms with van der Waals surface area (Å²) in [5.41, 5.74) is 12.6. The lowest BCUT2D eigenvalue weighted by molar-refractivity contribution is 0.103. The van der Waals surface area contributed by atoms with Crippen molar-refractivity contribution < 1.29 is 4.79 Å². The molecule has 0 amide bonds. The van der Waals surface area contributed by atoms with Crippen molar-refractivity contribution in [2.75, 3.05) is 11.5 Å². The van der Waals surface area contributed by atoms with Gasteiger partial charge in [0.15, 0.2) is 5.78 Å². The van der Waals surface area contributed by atoms with Crippen LogP contribution in [0.4, 0.5) is 11.4 Å². The Morgan fingerprint density at radius 2 is 1.67 bits per heavy atom. The second kappa shape index (κ2) is 4.88. The number of nitrogens with two attached hydrogens (primary N) is 2. The van der Waals surface area contributed by atoms with Gasteiger partial charge in [0.2, 0.25) is 0 Å². The Labute approximate surface area is 114 Å². The summed E-state index contributed by atoms with van der Waals surface area (Å²) in [4.78, 5) is 12.3. The van der Waals surface area contributed by atoms with E-state index in [0.717, 1.165) is 0 Å². The van der Waals surface area contributed by atoms with Crippen LogP contribution in [0, 0.1) is 0 Å². The monoisotopic (exact) mass is 280 g/mol. The Morgan fingerprint density at radius 3 is 2.33 bits per heavy atom. The van der Waals surface area contributed by atoms with Gasteiger partial charge in [0.25, 0.3) is 0 Å². The van der Waals surface area contributed by atoms with Crippen LogP contribution in [0.25, 0.3) is 0 Å². The van der Waals surface area contributed by atoms with Gasteiger partial charge in [0.1, 0.15) is 0 Å². The summed E-state index contributed by atoms with van der Waals surface area (Å²) in [6, 6.07) is 9.72. The van der Waals surface area contributed by atoms with Crippen LogP contribution < -0.4 is 11.5 Å². The lowest BCUT2D eigenvalue weighted by Crippen LogP contribution is -2.08. The van der Waals surface area contributed by atoms with Gasteiger partial charge in [0, 0.05) is 16.1 Å². The second-order valence-corrected chi connectivity index (χ2v) is 4.61. The molecule has 0 aliphatic carbocycles. The normalized spacial score (nSPS) is 10.3. The third kappa shape index (κ3) is 2.28. The molecule has 0 saturated heterocycles. The predicted octanol–water partition coefficient (Wildman–Crippen LogP) is 3.39.